The first-order valence-electron chi connectivity index (χ1n) is 5.89. The van der Waals surface area contributed by atoms with E-state index in [1.807, 2.05) is 19.1 Å². The molecular weight excluding hydrogens is 240 g/mol. The van der Waals surface area contributed by atoms with Gasteiger partial charge in [-0.25, -0.2) is 0 Å². The van der Waals surface area contributed by atoms with Crippen LogP contribution < -0.4 is 16.2 Å². The SMILES string of the molecule is Cc1cc(C(=O)N(C)c2cccnc2)ccc1NN. The van der Waals surface area contributed by atoms with Crippen molar-refractivity contribution < 1.29 is 4.79 Å². The number of benzene rings is 1. The van der Waals surface area contributed by atoms with Gasteiger partial charge in [0.25, 0.3) is 5.91 Å². The third-order valence-corrected chi connectivity index (χ3v) is 2.97. The van der Waals surface area contributed by atoms with Crippen LogP contribution in [-0.4, -0.2) is 17.9 Å². The Bertz CT molecular complexity index is 583. The van der Waals surface area contributed by atoms with E-state index >= 15 is 0 Å². The number of carbonyl (C=O) groups excluding carboxylic acids is 1. The first-order valence-corrected chi connectivity index (χ1v) is 5.89. The van der Waals surface area contributed by atoms with Gasteiger partial charge < -0.3 is 10.3 Å². The Hall–Kier alpha value is -2.40. The van der Waals surface area contributed by atoms with E-state index in [1.54, 1.807) is 42.5 Å². The lowest BCUT2D eigenvalue weighted by Crippen LogP contribution is -2.26. The van der Waals surface area contributed by atoms with Gasteiger partial charge in [0.05, 0.1) is 17.6 Å². The summed E-state index contributed by atoms with van der Waals surface area (Å²) in [5, 5.41) is 0. The summed E-state index contributed by atoms with van der Waals surface area (Å²) in [6, 6.07) is 8.99. The molecule has 0 unspecified atom stereocenters. The molecule has 0 aliphatic carbocycles. The van der Waals surface area contributed by atoms with E-state index < -0.39 is 0 Å². The van der Waals surface area contributed by atoms with Crippen molar-refractivity contribution >= 4 is 17.3 Å². The molecule has 0 bridgehead atoms. The van der Waals surface area contributed by atoms with Gasteiger partial charge in [-0.2, -0.15) is 0 Å². The lowest BCUT2D eigenvalue weighted by atomic mass is 10.1. The second kappa shape index (κ2) is 5.49. The van der Waals surface area contributed by atoms with E-state index in [-0.39, 0.29) is 5.91 Å². The third kappa shape index (κ3) is 2.71. The van der Waals surface area contributed by atoms with Gasteiger partial charge in [-0.3, -0.25) is 15.6 Å². The topological polar surface area (TPSA) is 71.2 Å². The van der Waals surface area contributed by atoms with Gasteiger partial charge in [-0.05, 0) is 42.8 Å². The number of carbonyl (C=O) groups is 1. The van der Waals surface area contributed by atoms with Crippen molar-refractivity contribution in [1.29, 1.82) is 0 Å². The number of nitrogen functional groups attached to an aromatic ring is 1. The Morgan fingerprint density at radius 1 is 1.37 bits per heavy atom. The number of aromatic nitrogens is 1. The van der Waals surface area contributed by atoms with Crippen LogP contribution in [-0.2, 0) is 0 Å². The smallest absolute Gasteiger partial charge is 0.258 e. The van der Waals surface area contributed by atoms with Crippen LogP contribution in [0.15, 0.2) is 42.7 Å². The molecule has 0 aliphatic heterocycles. The predicted molar refractivity (Wildman–Crippen MR) is 76.0 cm³/mol. The van der Waals surface area contributed by atoms with Gasteiger partial charge in [0.2, 0.25) is 0 Å². The van der Waals surface area contributed by atoms with Crippen molar-refractivity contribution in [1.82, 2.24) is 4.98 Å². The fraction of sp³-hybridized carbons (Fsp3) is 0.143. The van der Waals surface area contributed by atoms with E-state index in [0.717, 1.165) is 16.9 Å². The highest BCUT2D eigenvalue weighted by atomic mass is 16.2. The molecule has 0 aliphatic rings. The lowest BCUT2D eigenvalue weighted by Gasteiger charge is -2.17. The maximum Gasteiger partial charge on any atom is 0.258 e. The van der Waals surface area contributed by atoms with Gasteiger partial charge in [0.1, 0.15) is 0 Å². The monoisotopic (exact) mass is 256 g/mol. The molecule has 3 N–H and O–H groups in total. The number of hydrogen-bond acceptors (Lipinski definition) is 4. The van der Waals surface area contributed by atoms with Crippen LogP contribution in [0.3, 0.4) is 0 Å². The predicted octanol–water partition coefficient (Wildman–Crippen LogP) is 1.95. The first kappa shape index (κ1) is 13.0. The van der Waals surface area contributed by atoms with Crippen LogP contribution >= 0.6 is 0 Å². The molecule has 0 fully saturated rings. The summed E-state index contributed by atoms with van der Waals surface area (Å²) in [5.41, 5.74) is 5.69. The number of hydrazine groups is 1. The molecule has 98 valence electrons. The molecule has 0 saturated carbocycles. The average Bonchev–Trinajstić information content (AvgIpc) is 2.46. The second-order valence-electron chi connectivity index (χ2n) is 4.25. The van der Waals surface area contributed by atoms with Crippen molar-refractivity contribution in [3.05, 3.63) is 53.9 Å². The Kier molecular flexibility index (Phi) is 3.77. The minimum atomic E-state index is -0.0836. The van der Waals surface area contributed by atoms with Gasteiger partial charge in [-0.15, -0.1) is 0 Å². The Morgan fingerprint density at radius 2 is 2.16 bits per heavy atom. The molecule has 0 saturated heterocycles. The molecule has 0 spiro atoms. The summed E-state index contributed by atoms with van der Waals surface area (Å²) in [6.45, 7) is 1.90. The lowest BCUT2D eigenvalue weighted by molar-refractivity contribution is 0.0993. The number of nitrogens with one attached hydrogen (secondary N) is 1. The van der Waals surface area contributed by atoms with E-state index in [0.29, 0.717) is 5.56 Å². The summed E-state index contributed by atoms with van der Waals surface area (Å²) in [7, 11) is 1.73. The van der Waals surface area contributed by atoms with Crippen LogP contribution in [0.2, 0.25) is 0 Å². The standard InChI is InChI=1S/C14H16N4O/c1-10-8-11(5-6-13(10)17-15)14(19)18(2)12-4-3-7-16-9-12/h3-9,17H,15H2,1-2H3. The maximum atomic E-state index is 12.3. The number of amides is 1. The van der Waals surface area contributed by atoms with E-state index in [4.69, 9.17) is 5.84 Å². The van der Waals surface area contributed by atoms with Crippen LogP contribution in [0.1, 0.15) is 15.9 Å². The molecule has 0 radical (unpaired) electrons. The summed E-state index contributed by atoms with van der Waals surface area (Å²) in [4.78, 5) is 17.9. The molecule has 5 heteroatoms. The summed E-state index contributed by atoms with van der Waals surface area (Å²) < 4.78 is 0. The van der Waals surface area contributed by atoms with Crippen LogP contribution in [0.5, 0.6) is 0 Å². The quantitative estimate of drug-likeness (QED) is 0.650. The summed E-state index contributed by atoms with van der Waals surface area (Å²) in [5.74, 6) is 5.29. The summed E-state index contributed by atoms with van der Waals surface area (Å²) >= 11 is 0. The van der Waals surface area contributed by atoms with E-state index in [1.165, 1.54) is 0 Å². The molecule has 1 aromatic carbocycles. The molecule has 19 heavy (non-hydrogen) atoms. The summed E-state index contributed by atoms with van der Waals surface area (Å²) in [6.07, 6.45) is 3.33. The molecule has 0 atom stereocenters. The molecular formula is C14H16N4O. The van der Waals surface area contributed by atoms with Crippen molar-refractivity contribution in [2.75, 3.05) is 17.4 Å². The van der Waals surface area contributed by atoms with Crippen molar-refractivity contribution in [3.63, 3.8) is 0 Å². The van der Waals surface area contributed by atoms with Crippen LogP contribution in [0, 0.1) is 6.92 Å². The number of pyridine rings is 1. The molecule has 2 rings (SSSR count). The molecule has 1 heterocycles. The number of anilines is 2. The molecule has 5 nitrogen and oxygen atoms in total. The third-order valence-electron chi connectivity index (χ3n) is 2.97. The number of aryl methyl sites for hydroxylation is 1. The van der Waals surface area contributed by atoms with Crippen molar-refractivity contribution in [2.45, 2.75) is 6.92 Å². The molecule has 1 amide bonds. The Balaban J connectivity index is 2.27. The van der Waals surface area contributed by atoms with Gasteiger partial charge in [0.15, 0.2) is 0 Å². The number of nitrogens with two attached hydrogens (primary N) is 1. The molecule has 2 aromatic rings. The largest absolute Gasteiger partial charge is 0.324 e. The van der Waals surface area contributed by atoms with E-state index in [2.05, 4.69) is 10.4 Å². The first-order chi connectivity index (χ1) is 9.13. The van der Waals surface area contributed by atoms with Crippen molar-refractivity contribution in [3.8, 4) is 0 Å². The number of nitrogens with zero attached hydrogens (tertiary/aromatic N) is 2. The van der Waals surface area contributed by atoms with Crippen LogP contribution in [0.4, 0.5) is 11.4 Å². The number of rotatable bonds is 3. The average molecular weight is 256 g/mol. The highest BCUT2D eigenvalue weighted by Gasteiger charge is 2.14. The highest BCUT2D eigenvalue weighted by molar-refractivity contribution is 6.06. The molecule has 1 aromatic heterocycles. The zero-order chi connectivity index (χ0) is 13.8. The normalized spacial score (nSPS) is 10.1. The van der Waals surface area contributed by atoms with E-state index in [9.17, 15) is 4.79 Å². The Morgan fingerprint density at radius 3 is 2.74 bits per heavy atom. The zero-order valence-corrected chi connectivity index (χ0v) is 10.9. The van der Waals surface area contributed by atoms with Crippen molar-refractivity contribution in [2.24, 2.45) is 5.84 Å². The second-order valence-corrected chi connectivity index (χ2v) is 4.25. The highest BCUT2D eigenvalue weighted by Crippen LogP contribution is 2.18. The van der Waals surface area contributed by atoms with Gasteiger partial charge in [0, 0.05) is 18.8 Å². The van der Waals surface area contributed by atoms with Gasteiger partial charge >= 0.3 is 0 Å². The fourth-order valence-corrected chi connectivity index (χ4v) is 1.82. The Labute approximate surface area is 112 Å². The number of hydrogen-bond donors (Lipinski definition) is 2. The fourth-order valence-electron chi connectivity index (χ4n) is 1.82. The minimum Gasteiger partial charge on any atom is -0.324 e. The zero-order valence-electron chi connectivity index (χ0n) is 10.9. The maximum absolute atomic E-state index is 12.3. The van der Waals surface area contributed by atoms with Crippen LogP contribution in [0.25, 0.3) is 0 Å². The van der Waals surface area contributed by atoms with Gasteiger partial charge in [-0.1, -0.05) is 0 Å². The minimum absolute atomic E-state index is 0.0836.